The molecular formula is C16H18N4O2. The van der Waals surface area contributed by atoms with Crippen molar-refractivity contribution < 1.29 is 9.90 Å². The van der Waals surface area contributed by atoms with Crippen LogP contribution >= 0.6 is 0 Å². The maximum Gasteiger partial charge on any atom is 0.305 e. The molecule has 1 N–H and O–H groups in total. The largest absolute Gasteiger partial charge is 0.481 e. The Kier molecular flexibility index (Phi) is 3.91. The van der Waals surface area contributed by atoms with Gasteiger partial charge in [0.2, 0.25) is 0 Å². The highest BCUT2D eigenvalue weighted by atomic mass is 16.4. The number of rotatable bonds is 5. The first kappa shape index (κ1) is 14.3. The first-order valence-corrected chi connectivity index (χ1v) is 7.25. The zero-order valence-corrected chi connectivity index (χ0v) is 12.4. The van der Waals surface area contributed by atoms with Gasteiger partial charge in [0.25, 0.3) is 0 Å². The van der Waals surface area contributed by atoms with Crippen LogP contribution < -0.4 is 9.80 Å². The fourth-order valence-corrected chi connectivity index (χ4v) is 2.65. The average Bonchev–Trinajstić information content (AvgIpc) is 2.96. The number of carboxylic acids is 1. The zero-order chi connectivity index (χ0) is 15.5. The molecule has 0 amide bonds. The fraction of sp³-hybridized carbons (Fsp3) is 0.312. The van der Waals surface area contributed by atoms with Crippen molar-refractivity contribution in [1.29, 1.82) is 0 Å². The molecule has 1 aromatic heterocycles. The number of nitrogens with zero attached hydrogens (tertiary/aromatic N) is 4. The molecule has 1 aromatic carbocycles. The summed E-state index contributed by atoms with van der Waals surface area (Å²) in [6.07, 6.45) is 2.62. The van der Waals surface area contributed by atoms with Gasteiger partial charge in [-0.1, -0.05) is 18.2 Å². The Hall–Kier alpha value is -2.63. The Morgan fingerprint density at radius 3 is 3.00 bits per heavy atom. The SMILES string of the molecule is CN(CCC(=O)O)c1cc(N2CCc3ccccc32)ncn1. The lowest BCUT2D eigenvalue weighted by Crippen LogP contribution is -2.23. The van der Waals surface area contributed by atoms with Crippen molar-refractivity contribution in [3.63, 3.8) is 0 Å². The molecule has 0 unspecified atom stereocenters. The number of benzene rings is 1. The molecule has 0 bridgehead atoms. The summed E-state index contributed by atoms with van der Waals surface area (Å²) < 4.78 is 0. The molecule has 0 saturated heterocycles. The van der Waals surface area contributed by atoms with Crippen LogP contribution in [0.3, 0.4) is 0 Å². The number of carboxylic acid groups (broad SMARTS) is 1. The van der Waals surface area contributed by atoms with Gasteiger partial charge in [-0.25, -0.2) is 9.97 Å². The quantitative estimate of drug-likeness (QED) is 0.911. The Morgan fingerprint density at radius 1 is 1.36 bits per heavy atom. The van der Waals surface area contributed by atoms with Gasteiger partial charge in [-0.3, -0.25) is 4.79 Å². The van der Waals surface area contributed by atoms with Gasteiger partial charge in [-0.05, 0) is 18.1 Å². The highest BCUT2D eigenvalue weighted by Crippen LogP contribution is 2.33. The second-order valence-corrected chi connectivity index (χ2v) is 5.33. The van der Waals surface area contributed by atoms with Crippen LogP contribution in [0.4, 0.5) is 17.3 Å². The molecule has 3 rings (SSSR count). The van der Waals surface area contributed by atoms with E-state index in [2.05, 4.69) is 27.0 Å². The van der Waals surface area contributed by atoms with Crippen LogP contribution in [0.25, 0.3) is 0 Å². The topological polar surface area (TPSA) is 69.6 Å². The van der Waals surface area contributed by atoms with Gasteiger partial charge < -0.3 is 14.9 Å². The Labute approximate surface area is 129 Å². The molecule has 0 spiro atoms. The monoisotopic (exact) mass is 298 g/mol. The van der Waals surface area contributed by atoms with Crippen molar-refractivity contribution in [3.8, 4) is 0 Å². The lowest BCUT2D eigenvalue weighted by atomic mass is 10.2. The highest BCUT2D eigenvalue weighted by Gasteiger charge is 2.21. The van der Waals surface area contributed by atoms with Crippen LogP contribution in [-0.2, 0) is 11.2 Å². The summed E-state index contributed by atoms with van der Waals surface area (Å²) in [4.78, 5) is 23.3. The molecular weight excluding hydrogens is 280 g/mol. The summed E-state index contributed by atoms with van der Waals surface area (Å²) in [5.41, 5.74) is 2.50. The number of fused-ring (bicyclic) bond motifs is 1. The standard InChI is InChI=1S/C16H18N4O2/c1-19(8-7-16(21)22)14-10-15(18-11-17-14)20-9-6-12-4-2-3-5-13(12)20/h2-5,10-11H,6-9H2,1H3,(H,21,22). The molecule has 114 valence electrons. The van der Waals surface area contributed by atoms with Crippen molar-refractivity contribution in [1.82, 2.24) is 9.97 Å². The third-order valence-electron chi connectivity index (χ3n) is 3.85. The minimum atomic E-state index is -0.811. The normalized spacial score (nSPS) is 13.0. The first-order chi connectivity index (χ1) is 10.6. The van der Waals surface area contributed by atoms with Crippen LogP contribution in [0.2, 0.25) is 0 Å². The molecule has 0 radical (unpaired) electrons. The summed E-state index contributed by atoms with van der Waals surface area (Å²) in [5, 5.41) is 8.78. The van der Waals surface area contributed by atoms with Crippen molar-refractivity contribution in [3.05, 3.63) is 42.2 Å². The van der Waals surface area contributed by atoms with Gasteiger partial charge in [0.05, 0.1) is 6.42 Å². The second kappa shape index (κ2) is 6.01. The minimum absolute atomic E-state index is 0.0857. The third kappa shape index (κ3) is 2.86. The maximum absolute atomic E-state index is 10.7. The summed E-state index contributed by atoms with van der Waals surface area (Å²) in [5.74, 6) is 0.766. The van der Waals surface area contributed by atoms with E-state index in [0.29, 0.717) is 6.54 Å². The molecule has 1 aliphatic heterocycles. The fourth-order valence-electron chi connectivity index (χ4n) is 2.65. The molecule has 1 aliphatic rings. The van der Waals surface area contributed by atoms with E-state index in [4.69, 9.17) is 5.11 Å². The molecule has 0 saturated carbocycles. The Balaban J connectivity index is 1.82. The lowest BCUT2D eigenvalue weighted by molar-refractivity contribution is -0.136. The Bertz CT molecular complexity index is 689. The highest BCUT2D eigenvalue weighted by molar-refractivity contribution is 5.69. The molecule has 0 aliphatic carbocycles. The third-order valence-corrected chi connectivity index (χ3v) is 3.85. The van der Waals surface area contributed by atoms with Crippen LogP contribution in [0.5, 0.6) is 0 Å². The van der Waals surface area contributed by atoms with E-state index >= 15 is 0 Å². The van der Waals surface area contributed by atoms with E-state index < -0.39 is 5.97 Å². The van der Waals surface area contributed by atoms with Crippen molar-refractivity contribution in [2.24, 2.45) is 0 Å². The number of para-hydroxylation sites is 1. The van der Waals surface area contributed by atoms with Gasteiger partial charge in [0, 0.05) is 31.9 Å². The molecule has 22 heavy (non-hydrogen) atoms. The number of aromatic nitrogens is 2. The van der Waals surface area contributed by atoms with E-state index in [0.717, 1.165) is 24.6 Å². The zero-order valence-electron chi connectivity index (χ0n) is 12.4. The number of hydrogen-bond acceptors (Lipinski definition) is 5. The summed E-state index contributed by atoms with van der Waals surface area (Å²) in [6.45, 7) is 1.32. The minimum Gasteiger partial charge on any atom is -0.481 e. The van der Waals surface area contributed by atoms with Gasteiger partial charge in [-0.2, -0.15) is 0 Å². The number of hydrogen-bond donors (Lipinski definition) is 1. The average molecular weight is 298 g/mol. The van der Waals surface area contributed by atoms with Crippen LogP contribution in [0.1, 0.15) is 12.0 Å². The molecule has 2 heterocycles. The summed E-state index contributed by atoms with van der Waals surface area (Å²) in [7, 11) is 1.84. The van der Waals surface area contributed by atoms with Gasteiger partial charge in [-0.15, -0.1) is 0 Å². The van der Waals surface area contributed by atoms with Crippen molar-refractivity contribution >= 4 is 23.3 Å². The van der Waals surface area contributed by atoms with Crippen LogP contribution in [0, 0.1) is 0 Å². The maximum atomic E-state index is 10.7. The Morgan fingerprint density at radius 2 is 2.18 bits per heavy atom. The van der Waals surface area contributed by atoms with Crippen LogP contribution in [-0.4, -0.2) is 41.2 Å². The smallest absolute Gasteiger partial charge is 0.305 e. The lowest BCUT2D eigenvalue weighted by Gasteiger charge is -2.21. The molecule has 6 heteroatoms. The van der Waals surface area contributed by atoms with E-state index in [1.54, 1.807) is 0 Å². The predicted octanol–water partition coefficient (Wildman–Crippen LogP) is 2.08. The second-order valence-electron chi connectivity index (χ2n) is 5.33. The molecule has 6 nitrogen and oxygen atoms in total. The predicted molar refractivity (Wildman–Crippen MR) is 84.7 cm³/mol. The first-order valence-electron chi connectivity index (χ1n) is 7.25. The summed E-state index contributed by atoms with van der Waals surface area (Å²) in [6, 6.07) is 10.2. The number of aliphatic carboxylic acids is 1. The number of carbonyl (C=O) groups is 1. The van der Waals surface area contributed by atoms with Crippen molar-refractivity contribution in [2.45, 2.75) is 12.8 Å². The number of anilines is 3. The van der Waals surface area contributed by atoms with E-state index in [1.807, 2.05) is 30.1 Å². The van der Waals surface area contributed by atoms with Crippen LogP contribution in [0.15, 0.2) is 36.7 Å². The molecule has 0 fully saturated rings. The molecule has 2 aromatic rings. The van der Waals surface area contributed by atoms with Crippen molar-refractivity contribution in [2.75, 3.05) is 29.9 Å². The van der Waals surface area contributed by atoms with E-state index in [9.17, 15) is 4.79 Å². The van der Waals surface area contributed by atoms with E-state index in [1.165, 1.54) is 17.6 Å². The summed E-state index contributed by atoms with van der Waals surface area (Å²) >= 11 is 0. The molecule has 0 atom stereocenters. The van der Waals surface area contributed by atoms with Gasteiger partial charge in [0.1, 0.15) is 18.0 Å². The van der Waals surface area contributed by atoms with Gasteiger partial charge >= 0.3 is 5.97 Å². The van der Waals surface area contributed by atoms with E-state index in [-0.39, 0.29) is 6.42 Å². The van der Waals surface area contributed by atoms with Gasteiger partial charge in [0.15, 0.2) is 0 Å².